The van der Waals surface area contributed by atoms with Gasteiger partial charge in [-0.2, -0.15) is 0 Å². The lowest BCUT2D eigenvalue weighted by Gasteiger charge is -2.16. The van der Waals surface area contributed by atoms with Gasteiger partial charge in [0.25, 0.3) is 5.91 Å². The third-order valence-electron chi connectivity index (χ3n) is 3.94. The molecule has 1 aromatic heterocycles. The van der Waals surface area contributed by atoms with Gasteiger partial charge in [-0.15, -0.1) is 10.2 Å². The molecule has 7 heteroatoms. The van der Waals surface area contributed by atoms with Crippen LogP contribution in [0.1, 0.15) is 12.5 Å². The summed E-state index contributed by atoms with van der Waals surface area (Å²) in [5.74, 6) is 0.476. The van der Waals surface area contributed by atoms with Gasteiger partial charge in [0.1, 0.15) is 5.75 Å². The van der Waals surface area contributed by atoms with E-state index in [2.05, 4.69) is 15.5 Å². The average Bonchev–Trinajstić information content (AvgIpc) is 3.22. The Morgan fingerprint density at radius 1 is 1.11 bits per heavy atom. The zero-order valence-corrected chi connectivity index (χ0v) is 14.8. The van der Waals surface area contributed by atoms with Crippen LogP contribution in [0.3, 0.4) is 0 Å². The fourth-order valence-corrected chi connectivity index (χ4v) is 2.52. The van der Waals surface area contributed by atoms with Gasteiger partial charge >= 0.3 is 0 Å². The molecule has 138 valence electrons. The van der Waals surface area contributed by atoms with E-state index < -0.39 is 6.04 Å². The van der Waals surface area contributed by atoms with Gasteiger partial charge in [0.15, 0.2) is 12.4 Å². The summed E-state index contributed by atoms with van der Waals surface area (Å²) in [6.45, 7) is 1.28. The highest BCUT2D eigenvalue weighted by atomic mass is 16.5. The van der Waals surface area contributed by atoms with Crippen LogP contribution in [0.25, 0.3) is 11.5 Å². The summed E-state index contributed by atoms with van der Waals surface area (Å²) in [5, 5.41) is 10.2. The highest BCUT2D eigenvalue weighted by Crippen LogP contribution is 2.20. The Kier molecular flexibility index (Phi) is 5.94. The molecule has 3 rings (SSSR count). The molecule has 0 bridgehead atoms. The van der Waals surface area contributed by atoms with Gasteiger partial charge in [0.2, 0.25) is 12.3 Å². The molecule has 1 N–H and O–H groups in total. The monoisotopic (exact) mass is 365 g/mol. The van der Waals surface area contributed by atoms with E-state index in [1.54, 1.807) is 24.3 Å². The molecule has 0 aliphatic rings. The Balaban J connectivity index is 1.52. The van der Waals surface area contributed by atoms with Crippen molar-refractivity contribution in [1.29, 1.82) is 0 Å². The Morgan fingerprint density at radius 2 is 1.85 bits per heavy atom. The van der Waals surface area contributed by atoms with Crippen LogP contribution in [-0.2, 0) is 16.0 Å². The molecule has 7 nitrogen and oxygen atoms in total. The molecule has 0 saturated carbocycles. The number of nitrogens with one attached hydrogen (secondary N) is 1. The number of ether oxygens (including phenoxy) is 1. The van der Waals surface area contributed by atoms with E-state index in [-0.39, 0.29) is 18.3 Å². The minimum absolute atomic E-state index is 0.101. The Morgan fingerprint density at radius 3 is 2.48 bits per heavy atom. The van der Waals surface area contributed by atoms with E-state index >= 15 is 0 Å². The van der Waals surface area contributed by atoms with Gasteiger partial charge in [-0.25, -0.2) is 0 Å². The third kappa shape index (κ3) is 5.24. The molecule has 27 heavy (non-hydrogen) atoms. The lowest BCUT2D eigenvalue weighted by atomic mass is 10.0. The lowest BCUT2D eigenvalue weighted by molar-refractivity contribution is -0.128. The summed E-state index contributed by atoms with van der Waals surface area (Å²) in [7, 11) is 0. The standard InChI is InChI=1S/C20H19N3O4/c1-14(24)18(11-15-5-3-2-4-6-15)22-19(25)12-26-17-9-7-16(8-10-17)20-23-21-13-27-20/h2-10,13,18H,11-12H2,1H3,(H,22,25). The number of carbonyl (C=O) groups excluding carboxylic acids is 2. The van der Waals surface area contributed by atoms with E-state index in [9.17, 15) is 9.59 Å². The SMILES string of the molecule is CC(=O)C(Cc1ccccc1)NC(=O)COc1ccc(-c2nnco2)cc1. The maximum Gasteiger partial charge on any atom is 0.258 e. The van der Waals surface area contributed by atoms with Crippen LogP contribution in [0.4, 0.5) is 0 Å². The molecule has 0 spiro atoms. The number of hydrogen-bond donors (Lipinski definition) is 1. The highest BCUT2D eigenvalue weighted by molar-refractivity contribution is 5.88. The number of nitrogens with zero attached hydrogens (tertiary/aromatic N) is 2. The minimum Gasteiger partial charge on any atom is -0.484 e. The van der Waals surface area contributed by atoms with Crippen molar-refractivity contribution in [2.75, 3.05) is 6.61 Å². The number of hydrogen-bond acceptors (Lipinski definition) is 6. The Bertz CT molecular complexity index is 877. The second kappa shape index (κ2) is 8.75. The van der Waals surface area contributed by atoms with Gasteiger partial charge in [-0.05, 0) is 43.2 Å². The van der Waals surface area contributed by atoms with E-state index in [4.69, 9.17) is 9.15 Å². The predicted molar refractivity (Wildman–Crippen MR) is 98.0 cm³/mol. The Labute approximate surface area is 156 Å². The molecule has 0 aliphatic heterocycles. The maximum absolute atomic E-state index is 12.2. The summed E-state index contributed by atoms with van der Waals surface area (Å²) in [6.07, 6.45) is 1.70. The topological polar surface area (TPSA) is 94.3 Å². The molecule has 1 amide bonds. The number of carbonyl (C=O) groups is 2. The van der Waals surface area contributed by atoms with Crippen molar-refractivity contribution >= 4 is 11.7 Å². The van der Waals surface area contributed by atoms with Gasteiger partial charge in [0, 0.05) is 5.56 Å². The number of benzene rings is 2. The quantitative estimate of drug-likeness (QED) is 0.659. The lowest BCUT2D eigenvalue weighted by Crippen LogP contribution is -2.43. The molecule has 0 radical (unpaired) electrons. The average molecular weight is 365 g/mol. The van der Waals surface area contributed by atoms with Crippen LogP contribution >= 0.6 is 0 Å². The van der Waals surface area contributed by atoms with Crippen molar-refractivity contribution in [2.24, 2.45) is 0 Å². The molecule has 0 fully saturated rings. The van der Waals surface area contributed by atoms with Gasteiger partial charge < -0.3 is 14.5 Å². The first kappa shape index (κ1) is 18.3. The minimum atomic E-state index is -0.580. The van der Waals surface area contributed by atoms with E-state index in [1.807, 2.05) is 30.3 Å². The van der Waals surface area contributed by atoms with Crippen LogP contribution in [0, 0.1) is 0 Å². The summed E-state index contributed by atoms with van der Waals surface area (Å²) < 4.78 is 10.6. The summed E-state index contributed by atoms with van der Waals surface area (Å²) >= 11 is 0. The van der Waals surface area contributed by atoms with Crippen LogP contribution in [0.5, 0.6) is 5.75 Å². The predicted octanol–water partition coefficient (Wildman–Crippen LogP) is 2.43. The summed E-state index contributed by atoms with van der Waals surface area (Å²) in [6, 6.07) is 15.9. The van der Waals surface area contributed by atoms with E-state index in [0.29, 0.717) is 18.1 Å². The van der Waals surface area contributed by atoms with E-state index in [1.165, 1.54) is 13.3 Å². The van der Waals surface area contributed by atoms with Gasteiger partial charge in [0.05, 0.1) is 6.04 Å². The fraction of sp³-hybridized carbons (Fsp3) is 0.200. The van der Waals surface area contributed by atoms with Crippen molar-refractivity contribution in [3.8, 4) is 17.2 Å². The smallest absolute Gasteiger partial charge is 0.258 e. The fourth-order valence-electron chi connectivity index (χ4n) is 2.52. The molecular formula is C20H19N3O4. The molecule has 0 aliphatic carbocycles. The molecule has 1 unspecified atom stereocenters. The van der Waals surface area contributed by atoms with Gasteiger partial charge in [-0.3, -0.25) is 9.59 Å². The largest absolute Gasteiger partial charge is 0.484 e. The second-order valence-electron chi connectivity index (χ2n) is 5.98. The summed E-state index contributed by atoms with van der Waals surface area (Å²) in [5.41, 5.74) is 1.74. The van der Waals surface area contributed by atoms with Crippen molar-refractivity contribution in [1.82, 2.24) is 15.5 Å². The van der Waals surface area contributed by atoms with Crippen molar-refractivity contribution in [3.63, 3.8) is 0 Å². The van der Waals surface area contributed by atoms with Crippen molar-refractivity contribution in [2.45, 2.75) is 19.4 Å². The number of rotatable bonds is 8. The van der Waals surface area contributed by atoms with E-state index in [0.717, 1.165) is 11.1 Å². The van der Waals surface area contributed by atoms with Crippen LogP contribution < -0.4 is 10.1 Å². The molecule has 1 heterocycles. The summed E-state index contributed by atoms with van der Waals surface area (Å²) in [4.78, 5) is 24.0. The molecule has 0 saturated heterocycles. The zero-order chi connectivity index (χ0) is 19.1. The number of aromatic nitrogens is 2. The molecule has 2 aromatic carbocycles. The van der Waals surface area contributed by atoms with Crippen molar-refractivity contribution < 1.29 is 18.7 Å². The second-order valence-corrected chi connectivity index (χ2v) is 5.98. The number of ketones is 1. The number of Topliss-reactive ketones (excluding diaryl/α,β-unsaturated/α-hetero) is 1. The Hall–Kier alpha value is -3.48. The van der Waals surface area contributed by atoms with Crippen LogP contribution in [-0.4, -0.2) is 34.5 Å². The molecule has 1 atom stereocenters. The molecule has 3 aromatic rings. The first-order valence-electron chi connectivity index (χ1n) is 8.45. The first-order valence-corrected chi connectivity index (χ1v) is 8.45. The first-order chi connectivity index (χ1) is 13.1. The van der Waals surface area contributed by atoms with Crippen LogP contribution in [0.2, 0.25) is 0 Å². The van der Waals surface area contributed by atoms with Crippen LogP contribution in [0.15, 0.2) is 65.4 Å². The van der Waals surface area contributed by atoms with Crippen molar-refractivity contribution in [3.05, 3.63) is 66.6 Å². The number of amides is 1. The third-order valence-corrected chi connectivity index (χ3v) is 3.94. The highest BCUT2D eigenvalue weighted by Gasteiger charge is 2.18. The normalized spacial score (nSPS) is 11.6. The molecular weight excluding hydrogens is 346 g/mol. The zero-order valence-electron chi connectivity index (χ0n) is 14.8. The maximum atomic E-state index is 12.2. The van der Waals surface area contributed by atoms with Gasteiger partial charge in [-0.1, -0.05) is 30.3 Å².